The number of fused-ring (bicyclic) bond motifs is 1. The molecule has 0 radical (unpaired) electrons. The summed E-state index contributed by atoms with van der Waals surface area (Å²) in [6, 6.07) is 17.1. The van der Waals surface area contributed by atoms with E-state index in [-0.39, 0.29) is 19.1 Å². The van der Waals surface area contributed by atoms with Crippen LogP contribution in [0.3, 0.4) is 0 Å². The number of aryl methyl sites for hydroxylation is 1. The summed E-state index contributed by atoms with van der Waals surface area (Å²) in [7, 11) is 0. The molecule has 1 N–H and O–H groups in total. The van der Waals surface area contributed by atoms with Crippen LogP contribution in [0, 0.1) is 0 Å². The highest BCUT2D eigenvalue weighted by molar-refractivity contribution is 5.97. The number of para-hydroxylation sites is 1. The Morgan fingerprint density at radius 1 is 1.04 bits per heavy atom. The Hall–Kier alpha value is -3.41. The summed E-state index contributed by atoms with van der Waals surface area (Å²) >= 11 is 0. The predicted octanol–water partition coefficient (Wildman–Crippen LogP) is 2.34. The zero-order valence-electron chi connectivity index (χ0n) is 15.5. The number of benzene rings is 2. The molecule has 1 heterocycles. The third-order valence-corrected chi connectivity index (χ3v) is 4.40. The minimum atomic E-state index is -0.653. The summed E-state index contributed by atoms with van der Waals surface area (Å²) in [6.07, 6.45) is 4.80. The molecule has 28 heavy (non-hydrogen) atoms. The van der Waals surface area contributed by atoms with Gasteiger partial charge in [-0.15, -0.1) is 0 Å². The fourth-order valence-corrected chi connectivity index (χ4v) is 3.02. The second kappa shape index (κ2) is 9.50. The number of carbonyl (C=O) groups is 3. The van der Waals surface area contributed by atoms with E-state index in [9.17, 15) is 14.4 Å². The minimum absolute atomic E-state index is 0.268. The molecular weight excluding hydrogens is 356 g/mol. The van der Waals surface area contributed by atoms with Gasteiger partial charge in [0.15, 0.2) is 6.61 Å². The van der Waals surface area contributed by atoms with Gasteiger partial charge >= 0.3 is 5.97 Å². The summed E-state index contributed by atoms with van der Waals surface area (Å²) in [5.41, 5.74) is 2.87. The molecule has 0 bridgehead atoms. The quantitative estimate of drug-likeness (QED) is 0.618. The maximum Gasteiger partial charge on any atom is 0.325 e. The molecule has 0 atom stereocenters. The third kappa shape index (κ3) is 5.30. The third-order valence-electron chi connectivity index (χ3n) is 4.40. The minimum Gasteiger partial charge on any atom is -0.454 e. The first-order valence-electron chi connectivity index (χ1n) is 9.18. The summed E-state index contributed by atoms with van der Waals surface area (Å²) in [5.74, 6) is -1.33. The second-order valence-electron chi connectivity index (χ2n) is 6.40. The van der Waals surface area contributed by atoms with Crippen molar-refractivity contribution in [3.8, 4) is 0 Å². The lowest BCUT2D eigenvalue weighted by molar-refractivity contribution is -0.147. The summed E-state index contributed by atoms with van der Waals surface area (Å²) in [5, 5.41) is 2.45. The molecule has 144 valence electrons. The lowest BCUT2D eigenvalue weighted by atomic mass is 10.0. The summed E-state index contributed by atoms with van der Waals surface area (Å²) in [6.45, 7) is -0.0286. The lowest BCUT2D eigenvalue weighted by Gasteiger charge is -2.29. The molecule has 2 amide bonds. The maximum atomic E-state index is 12.4. The van der Waals surface area contributed by atoms with Gasteiger partial charge in [-0.25, -0.2) is 0 Å². The van der Waals surface area contributed by atoms with Crippen molar-refractivity contribution in [1.29, 1.82) is 0 Å². The number of anilines is 1. The van der Waals surface area contributed by atoms with Crippen LogP contribution in [-0.2, 0) is 25.5 Å². The predicted molar refractivity (Wildman–Crippen MR) is 107 cm³/mol. The van der Waals surface area contributed by atoms with Crippen molar-refractivity contribution in [3.05, 3.63) is 71.8 Å². The van der Waals surface area contributed by atoms with Crippen molar-refractivity contribution in [3.63, 3.8) is 0 Å². The van der Waals surface area contributed by atoms with Crippen LogP contribution >= 0.6 is 0 Å². The SMILES string of the molecule is O=C(/C=C/c1ccccc1)NCC(=O)OCC(=O)N1CCCc2ccccc21. The van der Waals surface area contributed by atoms with E-state index in [0.29, 0.717) is 6.54 Å². The molecule has 1 aliphatic rings. The highest BCUT2D eigenvalue weighted by atomic mass is 16.5. The smallest absolute Gasteiger partial charge is 0.325 e. The average molecular weight is 378 g/mol. The van der Waals surface area contributed by atoms with Gasteiger partial charge in [0.2, 0.25) is 5.91 Å². The standard InChI is InChI=1S/C22H22N2O4/c25-20(13-12-17-7-2-1-3-8-17)23-15-22(27)28-16-21(26)24-14-6-10-18-9-4-5-11-19(18)24/h1-5,7-9,11-13H,6,10,14-16H2,(H,23,25)/b13-12+. The number of amides is 2. The lowest BCUT2D eigenvalue weighted by Crippen LogP contribution is -2.39. The maximum absolute atomic E-state index is 12.4. The molecule has 0 aromatic heterocycles. The van der Waals surface area contributed by atoms with Crippen LogP contribution < -0.4 is 10.2 Å². The zero-order valence-corrected chi connectivity index (χ0v) is 15.5. The monoisotopic (exact) mass is 378 g/mol. The van der Waals surface area contributed by atoms with Crippen molar-refractivity contribution in [2.45, 2.75) is 12.8 Å². The second-order valence-corrected chi connectivity index (χ2v) is 6.40. The number of hydrogen-bond acceptors (Lipinski definition) is 4. The first kappa shape index (κ1) is 19.4. The van der Waals surface area contributed by atoms with Crippen LogP contribution in [0.4, 0.5) is 5.69 Å². The molecule has 0 spiro atoms. The summed E-state index contributed by atoms with van der Waals surface area (Å²) < 4.78 is 5.02. The fourth-order valence-electron chi connectivity index (χ4n) is 3.02. The fraction of sp³-hybridized carbons (Fsp3) is 0.227. The number of rotatable bonds is 6. The molecule has 0 saturated carbocycles. The normalized spacial score (nSPS) is 13.1. The molecule has 0 fully saturated rings. The van der Waals surface area contributed by atoms with Gasteiger partial charge in [-0.1, -0.05) is 48.5 Å². The molecular formula is C22H22N2O4. The van der Waals surface area contributed by atoms with E-state index in [1.807, 2.05) is 54.6 Å². The topological polar surface area (TPSA) is 75.7 Å². The Morgan fingerprint density at radius 2 is 1.79 bits per heavy atom. The average Bonchev–Trinajstić information content (AvgIpc) is 2.74. The highest BCUT2D eigenvalue weighted by Crippen LogP contribution is 2.26. The van der Waals surface area contributed by atoms with E-state index in [2.05, 4.69) is 5.32 Å². The van der Waals surface area contributed by atoms with E-state index < -0.39 is 11.9 Å². The molecule has 0 aliphatic carbocycles. The van der Waals surface area contributed by atoms with Crippen molar-refractivity contribution in [2.24, 2.45) is 0 Å². The molecule has 0 unspecified atom stereocenters. The van der Waals surface area contributed by atoms with E-state index in [1.165, 1.54) is 6.08 Å². The van der Waals surface area contributed by atoms with E-state index in [4.69, 9.17) is 4.74 Å². The number of nitrogens with one attached hydrogen (secondary N) is 1. The van der Waals surface area contributed by atoms with Crippen LogP contribution in [0.25, 0.3) is 6.08 Å². The van der Waals surface area contributed by atoms with Crippen LogP contribution in [0.5, 0.6) is 0 Å². The number of ether oxygens (including phenoxy) is 1. The largest absolute Gasteiger partial charge is 0.454 e. The van der Waals surface area contributed by atoms with Crippen molar-refractivity contribution < 1.29 is 19.1 Å². The number of carbonyl (C=O) groups excluding carboxylic acids is 3. The zero-order chi connectivity index (χ0) is 19.8. The molecule has 2 aromatic carbocycles. The summed E-state index contributed by atoms with van der Waals surface area (Å²) in [4.78, 5) is 37.6. The van der Waals surface area contributed by atoms with Crippen molar-refractivity contribution in [2.75, 3.05) is 24.6 Å². The van der Waals surface area contributed by atoms with Gasteiger partial charge < -0.3 is 15.0 Å². The Balaban J connectivity index is 1.43. The number of hydrogen-bond donors (Lipinski definition) is 1. The van der Waals surface area contributed by atoms with Crippen LogP contribution in [0.2, 0.25) is 0 Å². The molecule has 1 aliphatic heterocycles. The van der Waals surface area contributed by atoms with Crippen LogP contribution in [0.1, 0.15) is 17.5 Å². The molecule has 0 saturated heterocycles. The van der Waals surface area contributed by atoms with E-state index >= 15 is 0 Å². The first-order valence-corrected chi connectivity index (χ1v) is 9.18. The van der Waals surface area contributed by atoms with Crippen molar-refractivity contribution in [1.82, 2.24) is 5.32 Å². The number of esters is 1. The van der Waals surface area contributed by atoms with Gasteiger partial charge in [-0.2, -0.15) is 0 Å². The molecule has 6 heteroatoms. The van der Waals surface area contributed by atoms with Crippen molar-refractivity contribution >= 4 is 29.5 Å². The van der Waals surface area contributed by atoms with Gasteiger partial charge in [0.05, 0.1) is 0 Å². The Labute approximate surface area is 163 Å². The van der Waals surface area contributed by atoms with Gasteiger partial charge in [0, 0.05) is 18.3 Å². The Kier molecular flexibility index (Phi) is 6.57. The first-order chi connectivity index (χ1) is 13.6. The van der Waals surface area contributed by atoms with Gasteiger partial charge in [-0.05, 0) is 36.1 Å². The highest BCUT2D eigenvalue weighted by Gasteiger charge is 2.22. The molecule has 6 nitrogen and oxygen atoms in total. The Bertz CT molecular complexity index is 877. The number of nitrogens with zero attached hydrogens (tertiary/aromatic N) is 1. The molecule has 3 rings (SSSR count). The van der Waals surface area contributed by atoms with Gasteiger partial charge in [0.1, 0.15) is 6.54 Å². The van der Waals surface area contributed by atoms with E-state index in [1.54, 1.807) is 11.0 Å². The Morgan fingerprint density at radius 3 is 2.61 bits per heavy atom. The molecule has 2 aromatic rings. The van der Waals surface area contributed by atoms with Crippen LogP contribution in [0.15, 0.2) is 60.7 Å². The van der Waals surface area contributed by atoms with Crippen LogP contribution in [-0.4, -0.2) is 37.5 Å². The van der Waals surface area contributed by atoms with E-state index in [0.717, 1.165) is 29.7 Å². The van der Waals surface area contributed by atoms with Gasteiger partial charge in [-0.3, -0.25) is 14.4 Å². The van der Waals surface area contributed by atoms with Gasteiger partial charge in [0.25, 0.3) is 5.91 Å².